The number of ether oxygens (including phenoxy) is 1. The number of aromatic nitrogens is 1. The fourth-order valence-corrected chi connectivity index (χ4v) is 1.38. The van der Waals surface area contributed by atoms with Crippen molar-refractivity contribution in [3.05, 3.63) is 18.3 Å². The van der Waals surface area contributed by atoms with E-state index in [1.807, 2.05) is 12.1 Å². The molecule has 0 aliphatic carbocycles. The number of nitrogens with two attached hydrogens (primary N) is 1. The van der Waals surface area contributed by atoms with Gasteiger partial charge in [-0.2, -0.15) is 0 Å². The summed E-state index contributed by atoms with van der Waals surface area (Å²) in [4.78, 5) is 6.39. The minimum absolute atomic E-state index is 0.309. The second-order valence-corrected chi connectivity index (χ2v) is 3.22. The van der Waals surface area contributed by atoms with Crippen LogP contribution in [0.4, 0.5) is 5.82 Å². The Morgan fingerprint density at radius 1 is 1.54 bits per heavy atom. The van der Waals surface area contributed by atoms with E-state index in [-0.39, 0.29) is 0 Å². The first-order valence-corrected chi connectivity index (χ1v) is 4.30. The molecule has 1 aliphatic rings. The third kappa shape index (κ3) is 1.58. The van der Waals surface area contributed by atoms with Crippen LogP contribution < -0.4 is 15.4 Å². The van der Waals surface area contributed by atoms with E-state index in [9.17, 15) is 0 Å². The maximum Gasteiger partial charge on any atom is 0.137 e. The molecule has 2 N–H and O–H groups in total. The van der Waals surface area contributed by atoms with Crippen LogP contribution in [0.15, 0.2) is 18.3 Å². The maximum atomic E-state index is 5.67. The quantitative estimate of drug-likeness (QED) is 0.706. The van der Waals surface area contributed by atoms with Gasteiger partial charge in [-0.3, -0.25) is 0 Å². The molecule has 1 aromatic heterocycles. The molecule has 2 heterocycles. The van der Waals surface area contributed by atoms with Gasteiger partial charge in [0, 0.05) is 19.1 Å². The number of methoxy groups -OCH3 is 1. The minimum atomic E-state index is 0.309. The molecule has 1 saturated heterocycles. The third-order valence-electron chi connectivity index (χ3n) is 2.19. The van der Waals surface area contributed by atoms with Gasteiger partial charge in [0.25, 0.3) is 0 Å². The topological polar surface area (TPSA) is 51.4 Å². The summed E-state index contributed by atoms with van der Waals surface area (Å²) in [5.41, 5.74) is 5.67. The summed E-state index contributed by atoms with van der Waals surface area (Å²) in [7, 11) is 1.64. The normalized spacial score (nSPS) is 16.9. The zero-order valence-electron chi connectivity index (χ0n) is 7.60. The van der Waals surface area contributed by atoms with Crippen LogP contribution in [-0.4, -0.2) is 31.2 Å². The van der Waals surface area contributed by atoms with Gasteiger partial charge in [-0.1, -0.05) is 0 Å². The molecule has 0 spiro atoms. The SMILES string of the molecule is COc1ccc(N2CC(N)C2)nc1. The zero-order valence-corrected chi connectivity index (χ0v) is 7.60. The van der Waals surface area contributed by atoms with Gasteiger partial charge < -0.3 is 15.4 Å². The average Bonchev–Trinajstić information content (AvgIpc) is 2.13. The Morgan fingerprint density at radius 3 is 2.77 bits per heavy atom. The Hall–Kier alpha value is -1.29. The molecule has 4 nitrogen and oxygen atoms in total. The summed E-state index contributed by atoms with van der Waals surface area (Å²) in [5, 5.41) is 0. The van der Waals surface area contributed by atoms with Crippen molar-refractivity contribution in [1.29, 1.82) is 0 Å². The van der Waals surface area contributed by atoms with E-state index in [1.54, 1.807) is 13.3 Å². The lowest BCUT2D eigenvalue weighted by Gasteiger charge is -2.37. The number of anilines is 1. The second-order valence-electron chi connectivity index (χ2n) is 3.22. The van der Waals surface area contributed by atoms with Crippen LogP contribution in [0.2, 0.25) is 0 Å². The molecular formula is C9H13N3O. The summed E-state index contributed by atoms with van der Waals surface area (Å²) in [6.07, 6.45) is 1.72. The van der Waals surface area contributed by atoms with Crippen molar-refractivity contribution in [1.82, 2.24) is 4.98 Å². The van der Waals surface area contributed by atoms with Crippen molar-refractivity contribution >= 4 is 5.82 Å². The van der Waals surface area contributed by atoms with Crippen LogP contribution in [0.25, 0.3) is 0 Å². The lowest BCUT2D eigenvalue weighted by atomic mass is 10.1. The first kappa shape index (κ1) is 8.31. The molecule has 0 bridgehead atoms. The summed E-state index contributed by atoms with van der Waals surface area (Å²) in [6, 6.07) is 4.17. The fourth-order valence-electron chi connectivity index (χ4n) is 1.38. The zero-order chi connectivity index (χ0) is 9.26. The van der Waals surface area contributed by atoms with Crippen LogP contribution in [0, 0.1) is 0 Å². The summed E-state index contributed by atoms with van der Waals surface area (Å²) in [6.45, 7) is 1.80. The van der Waals surface area contributed by atoms with Crippen LogP contribution in [0.3, 0.4) is 0 Å². The second kappa shape index (κ2) is 3.22. The monoisotopic (exact) mass is 179 g/mol. The molecule has 0 saturated carbocycles. The van der Waals surface area contributed by atoms with Crippen LogP contribution in [0.5, 0.6) is 5.75 Å². The highest BCUT2D eigenvalue weighted by Gasteiger charge is 2.23. The highest BCUT2D eigenvalue weighted by Crippen LogP contribution is 2.19. The molecule has 13 heavy (non-hydrogen) atoms. The van der Waals surface area contributed by atoms with Crippen molar-refractivity contribution in [2.75, 3.05) is 25.1 Å². The Balaban J connectivity index is 2.06. The van der Waals surface area contributed by atoms with Gasteiger partial charge in [0.1, 0.15) is 11.6 Å². The van der Waals surface area contributed by atoms with Crippen LogP contribution in [0.1, 0.15) is 0 Å². The van der Waals surface area contributed by atoms with E-state index in [0.29, 0.717) is 6.04 Å². The smallest absolute Gasteiger partial charge is 0.137 e. The molecule has 0 aromatic carbocycles. The maximum absolute atomic E-state index is 5.67. The highest BCUT2D eigenvalue weighted by atomic mass is 16.5. The Morgan fingerprint density at radius 2 is 2.31 bits per heavy atom. The highest BCUT2D eigenvalue weighted by molar-refractivity contribution is 5.44. The van der Waals surface area contributed by atoms with E-state index < -0.39 is 0 Å². The van der Waals surface area contributed by atoms with Gasteiger partial charge >= 0.3 is 0 Å². The summed E-state index contributed by atoms with van der Waals surface area (Å²) in [5.74, 6) is 1.76. The van der Waals surface area contributed by atoms with E-state index in [4.69, 9.17) is 10.5 Å². The first-order valence-electron chi connectivity index (χ1n) is 4.30. The van der Waals surface area contributed by atoms with E-state index in [2.05, 4.69) is 9.88 Å². The number of nitrogens with zero attached hydrogens (tertiary/aromatic N) is 2. The van der Waals surface area contributed by atoms with Gasteiger partial charge in [0.2, 0.25) is 0 Å². The van der Waals surface area contributed by atoms with Gasteiger partial charge in [-0.15, -0.1) is 0 Å². The lowest BCUT2D eigenvalue weighted by Crippen LogP contribution is -2.56. The van der Waals surface area contributed by atoms with Crippen molar-refractivity contribution in [3.8, 4) is 5.75 Å². The van der Waals surface area contributed by atoms with Crippen molar-refractivity contribution in [2.24, 2.45) is 5.73 Å². The Labute approximate surface area is 77.3 Å². The molecule has 1 fully saturated rings. The molecule has 0 radical (unpaired) electrons. The lowest BCUT2D eigenvalue weighted by molar-refractivity contribution is 0.412. The largest absolute Gasteiger partial charge is 0.495 e. The molecule has 0 atom stereocenters. The molecule has 1 aliphatic heterocycles. The van der Waals surface area contributed by atoms with Crippen molar-refractivity contribution < 1.29 is 4.74 Å². The fraction of sp³-hybridized carbons (Fsp3) is 0.444. The van der Waals surface area contributed by atoms with Crippen molar-refractivity contribution in [2.45, 2.75) is 6.04 Å². The first-order chi connectivity index (χ1) is 6.29. The van der Waals surface area contributed by atoms with E-state index >= 15 is 0 Å². The molecular weight excluding hydrogens is 166 g/mol. The Bertz CT molecular complexity index is 279. The summed E-state index contributed by atoms with van der Waals surface area (Å²) >= 11 is 0. The molecule has 4 heteroatoms. The molecule has 70 valence electrons. The summed E-state index contributed by atoms with van der Waals surface area (Å²) < 4.78 is 5.02. The number of pyridine rings is 1. The number of hydrogen-bond donors (Lipinski definition) is 1. The standard InChI is InChI=1S/C9H13N3O/c1-13-8-2-3-9(11-4-8)12-5-7(10)6-12/h2-4,7H,5-6,10H2,1H3. The van der Waals surface area contributed by atoms with Crippen LogP contribution >= 0.6 is 0 Å². The Kier molecular flexibility index (Phi) is 2.06. The van der Waals surface area contributed by atoms with E-state index in [1.165, 1.54) is 0 Å². The molecule has 2 rings (SSSR count). The molecule has 0 amide bonds. The predicted octanol–water partition coefficient (Wildman–Crippen LogP) is 0.237. The average molecular weight is 179 g/mol. The van der Waals surface area contributed by atoms with Gasteiger partial charge in [-0.25, -0.2) is 4.98 Å². The van der Waals surface area contributed by atoms with Gasteiger partial charge in [0.15, 0.2) is 0 Å². The van der Waals surface area contributed by atoms with E-state index in [0.717, 1.165) is 24.7 Å². The van der Waals surface area contributed by atoms with Gasteiger partial charge in [-0.05, 0) is 12.1 Å². The van der Waals surface area contributed by atoms with Crippen LogP contribution in [-0.2, 0) is 0 Å². The predicted molar refractivity (Wildman–Crippen MR) is 51.0 cm³/mol. The third-order valence-corrected chi connectivity index (χ3v) is 2.19. The number of rotatable bonds is 2. The van der Waals surface area contributed by atoms with Gasteiger partial charge in [0.05, 0.1) is 13.3 Å². The number of hydrogen-bond acceptors (Lipinski definition) is 4. The van der Waals surface area contributed by atoms with Crippen molar-refractivity contribution in [3.63, 3.8) is 0 Å². The molecule has 1 aromatic rings. The molecule has 0 unspecified atom stereocenters. The minimum Gasteiger partial charge on any atom is -0.495 e.